The minimum absolute atomic E-state index is 0.0670. The number of alkyl halides is 3. The maximum atomic E-state index is 13.1. The van der Waals surface area contributed by atoms with Crippen molar-refractivity contribution in [3.63, 3.8) is 0 Å². The molecule has 0 radical (unpaired) electrons. The molecule has 1 saturated heterocycles. The van der Waals surface area contributed by atoms with Gasteiger partial charge in [-0.1, -0.05) is 23.7 Å². The number of benzene rings is 1. The second kappa shape index (κ2) is 10.1. The normalized spacial score (nSPS) is 14.2. The molecule has 0 N–H and O–H groups in total. The zero-order chi connectivity index (χ0) is 27.0. The Morgan fingerprint density at radius 2 is 1.68 bits per heavy atom. The Bertz CT molecular complexity index is 1480. The zero-order valence-electron chi connectivity index (χ0n) is 20.7. The van der Waals surface area contributed by atoms with E-state index in [1.54, 1.807) is 35.0 Å². The number of carbonyl (C=O) groups is 1. The van der Waals surface area contributed by atoms with Gasteiger partial charge in [-0.2, -0.15) is 18.3 Å². The number of anilines is 1. The number of nitrogens with zero attached hydrogens (tertiary/aromatic N) is 6. The summed E-state index contributed by atoms with van der Waals surface area (Å²) < 4.78 is 40.9. The van der Waals surface area contributed by atoms with Gasteiger partial charge in [-0.3, -0.25) is 14.5 Å². The minimum atomic E-state index is -4.42. The first-order valence-corrected chi connectivity index (χ1v) is 12.3. The third kappa shape index (κ3) is 5.08. The van der Waals surface area contributed by atoms with Crippen LogP contribution in [-0.2, 0) is 13.2 Å². The van der Waals surface area contributed by atoms with Crippen molar-refractivity contribution >= 4 is 23.3 Å². The van der Waals surface area contributed by atoms with Crippen molar-refractivity contribution in [2.24, 2.45) is 7.05 Å². The van der Waals surface area contributed by atoms with Gasteiger partial charge in [0, 0.05) is 56.7 Å². The maximum absolute atomic E-state index is 13.1. The summed E-state index contributed by atoms with van der Waals surface area (Å²) in [4.78, 5) is 25.8. The number of hydrogen-bond acceptors (Lipinski definition) is 5. The van der Waals surface area contributed by atoms with E-state index in [2.05, 4.69) is 15.0 Å². The predicted molar refractivity (Wildman–Crippen MR) is 139 cm³/mol. The van der Waals surface area contributed by atoms with Crippen LogP contribution in [0.25, 0.3) is 22.4 Å². The number of rotatable bonds is 4. The summed E-state index contributed by atoms with van der Waals surface area (Å²) >= 11 is 6.45. The van der Waals surface area contributed by atoms with E-state index in [9.17, 15) is 18.0 Å². The van der Waals surface area contributed by atoms with Crippen LogP contribution >= 0.6 is 11.6 Å². The number of pyridine rings is 2. The largest absolute Gasteiger partial charge is 0.416 e. The van der Waals surface area contributed by atoms with E-state index in [0.29, 0.717) is 65.1 Å². The number of piperazine rings is 1. The third-order valence-electron chi connectivity index (χ3n) is 6.54. The van der Waals surface area contributed by atoms with Crippen molar-refractivity contribution in [3.8, 4) is 22.4 Å². The molecule has 3 aromatic heterocycles. The molecule has 0 spiro atoms. The fourth-order valence-electron chi connectivity index (χ4n) is 4.58. The summed E-state index contributed by atoms with van der Waals surface area (Å²) in [6.07, 6.45) is -1.32. The molecular weight excluding hydrogens is 517 g/mol. The fraction of sp³-hybridized carbons (Fsp3) is 0.259. The summed E-state index contributed by atoms with van der Waals surface area (Å²) in [6.45, 7) is 4.01. The van der Waals surface area contributed by atoms with Crippen LogP contribution in [0, 0.1) is 6.92 Å². The molecule has 11 heteroatoms. The van der Waals surface area contributed by atoms with E-state index in [-0.39, 0.29) is 5.91 Å². The first-order valence-electron chi connectivity index (χ1n) is 12.0. The molecule has 0 aliphatic carbocycles. The van der Waals surface area contributed by atoms with Gasteiger partial charge in [0.2, 0.25) is 0 Å². The SMILES string of the molecule is Cc1cc(C(=O)N2CCN(c3ccc(-c4ccc(C(F)(F)F)cc4)c(-c4ccncc4Cl)n3)CC2)n(C)n1. The molecule has 4 aromatic rings. The molecule has 0 saturated carbocycles. The molecule has 1 aliphatic heterocycles. The smallest absolute Gasteiger partial charge is 0.353 e. The van der Waals surface area contributed by atoms with Crippen molar-refractivity contribution < 1.29 is 18.0 Å². The van der Waals surface area contributed by atoms with Crippen LogP contribution in [0.4, 0.5) is 19.0 Å². The van der Waals surface area contributed by atoms with Gasteiger partial charge in [0.1, 0.15) is 11.5 Å². The molecule has 196 valence electrons. The van der Waals surface area contributed by atoms with Gasteiger partial charge in [-0.05, 0) is 48.9 Å². The van der Waals surface area contributed by atoms with Crippen molar-refractivity contribution in [2.75, 3.05) is 31.1 Å². The van der Waals surface area contributed by atoms with E-state index >= 15 is 0 Å². The Labute approximate surface area is 222 Å². The van der Waals surface area contributed by atoms with Crippen molar-refractivity contribution in [2.45, 2.75) is 13.1 Å². The van der Waals surface area contributed by atoms with Gasteiger partial charge in [0.05, 0.1) is 22.0 Å². The first-order chi connectivity index (χ1) is 18.1. The van der Waals surface area contributed by atoms with E-state index in [1.807, 2.05) is 19.1 Å². The summed E-state index contributed by atoms with van der Waals surface area (Å²) in [5, 5.41) is 4.64. The van der Waals surface area contributed by atoms with E-state index in [0.717, 1.165) is 17.8 Å². The first kappa shape index (κ1) is 25.7. The second-order valence-corrected chi connectivity index (χ2v) is 9.48. The average Bonchev–Trinajstić information content (AvgIpc) is 3.25. The predicted octanol–water partition coefficient (Wildman–Crippen LogP) is 5.49. The number of amides is 1. The molecule has 1 amide bonds. The maximum Gasteiger partial charge on any atom is 0.416 e. The fourth-order valence-corrected chi connectivity index (χ4v) is 4.79. The Hall–Kier alpha value is -3.92. The number of carbonyl (C=O) groups excluding carboxylic acids is 1. The van der Waals surface area contributed by atoms with Crippen molar-refractivity contribution in [1.29, 1.82) is 0 Å². The van der Waals surface area contributed by atoms with Gasteiger partial charge >= 0.3 is 6.18 Å². The summed E-state index contributed by atoms with van der Waals surface area (Å²) in [6, 6.07) is 12.2. The molecule has 1 aromatic carbocycles. The van der Waals surface area contributed by atoms with Crippen LogP contribution in [0.3, 0.4) is 0 Å². The Kier molecular flexibility index (Phi) is 6.83. The quantitative estimate of drug-likeness (QED) is 0.342. The Morgan fingerprint density at radius 1 is 0.974 bits per heavy atom. The summed E-state index contributed by atoms with van der Waals surface area (Å²) in [7, 11) is 1.75. The summed E-state index contributed by atoms with van der Waals surface area (Å²) in [5.74, 6) is 0.620. The highest BCUT2D eigenvalue weighted by Gasteiger charge is 2.30. The molecule has 38 heavy (non-hydrogen) atoms. The highest BCUT2D eigenvalue weighted by atomic mass is 35.5. The standard InChI is InChI=1S/C27H24ClF3N6O/c1-17-15-23(35(2)34-17)26(38)37-13-11-36(12-14-37)24-8-7-20(18-3-5-19(6-4-18)27(29,30)31)25(33-24)21-9-10-32-16-22(21)28/h3-10,15-16H,11-14H2,1-2H3. The lowest BCUT2D eigenvalue weighted by atomic mass is 9.98. The van der Waals surface area contributed by atoms with Crippen LogP contribution in [0.15, 0.2) is 60.9 Å². The van der Waals surface area contributed by atoms with Crippen LogP contribution in [0.2, 0.25) is 5.02 Å². The van der Waals surface area contributed by atoms with E-state index in [4.69, 9.17) is 16.6 Å². The highest BCUT2D eigenvalue weighted by molar-refractivity contribution is 6.33. The van der Waals surface area contributed by atoms with E-state index in [1.165, 1.54) is 18.3 Å². The van der Waals surface area contributed by atoms with Gasteiger partial charge in [0.15, 0.2) is 0 Å². The monoisotopic (exact) mass is 540 g/mol. The molecule has 0 atom stereocenters. The molecular formula is C27H24ClF3N6O. The lowest BCUT2D eigenvalue weighted by molar-refractivity contribution is -0.137. The number of aryl methyl sites for hydroxylation is 2. The zero-order valence-corrected chi connectivity index (χ0v) is 21.5. The summed E-state index contributed by atoms with van der Waals surface area (Å²) in [5.41, 5.74) is 3.01. The number of halogens is 4. The topological polar surface area (TPSA) is 67.2 Å². The van der Waals surface area contributed by atoms with Crippen LogP contribution < -0.4 is 4.90 Å². The van der Waals surface area contributed by atoms with Crippen LogP contribution in [0.1, 0.15) is 21.7 Å². The van der Waals surface area contributed by atoms with Gasteiger partial charge < -0.3 is 9.80 Å². The number of aromatic nitrogens is 4. The van der Waals surface area contributed by atoms with E-state index < -0.39 is 11.7 Å². The Balaban J connectivity index is 1.43. The average molecular weight is 541 g/mol. The molecule has 4 heterocycles. The van der Waals surface area contributed by atoms with Gasteiger partial charge in [-0.15, -0.1) is 0 Å². The Morgan fingerprint density at radius 3 is 2.29 bits per heavy atom. The molecule has 1 aliphatic rings. The van der Waals surface area contributed by atoms with Crippen LogP contribution in [0.5, 0.6) is 0 Å². The van der Waals surface area contributed by atoms with Crippen molar-refractivity contribution in [3.05, 3.63) is 82.9 Å². The minimum Gasteiger partial charge on any atom is -0.353 e. The highest BCUT2D eigenvalue weighted by Crippen LogP contribution is 2.37. The van der Waals surface area contributed by atoms with Crippen molar-refractivity contribution in [1.82, 2.24) is 24.6 Å². The van der Waals surface area contributed by atoms with Gasteiger partial charge in [0.25, 0.3) is 5.91 Å². The molecule has 5 rings (SSSR count). The molecule has 0 unspecified atom stereocenters. The van der Waals surface area contributed by atoms with Crippen LogP contribution in [-0.4, -0.2) is 56.7 Å². The second-order valence-electron chi connectivity index (χ2n) is 9.07. The lowest BCUT2D eigenvalue weighted by Gasteiger charge is -2.35. The molecule has 7 nitrogen and oxygen atoms in total. The lowest BCUT2D eigenvalue weighted by Crippen LogP contribution is -2.49. The molecule has 0 bridgehead atoms. The third-order valence-corrected chi connectivity index (χ3v) is 6.84. The molecule has 1 fully saturated rings. The van der Waals surface area contributed by atoms with Gasteiger partial charge in [-0.25, -0.2) is 4.98 Å². The number of hydrogen-bond donors (Lipinski definition) is 0.